The molecule has 3 atom stereocenters. The monoisotopic (exact) mass is 589 g/mol. The lowest BCUT2D eigenvalue weighted by Gasteiger charge is -2.37. The minimum Gasteiger partial charge on any atom is -0.352 e. The molecule has 192 valence electrons. The van der Waals surface area contributed by atoms with Crippen molar-refractivity contribution in [3.63, 3.8) is 0 Å². The van der Waals surface area contributed by atoms with Crippen LogP contribution >= 0.6 is 46.1 Å². The van der Waals surface area contributed by atoms with Crippen molar-refractivity contribution in [2.24, 2.45) is 5.41 Å². The number of rotatable bonds is 3. The zero-order valence-electron chi connectivity index (χ0n) is 20.1. The third-order valence-corrected chi connectivity index (χ3v) is 9.78. The summed E-state index contributed by atoms with van der Waals surface area (Å²) in [6.45, 7) is 0. The van der Waals surface area contributed by atoms with Crippen molar-refractivity contribution in [2.75, 3.05) is 4.90 Å². The molecule has 4 nitrogen and oxygen atoms in total. The van der Waals surface area contributed by atoms with Gasteiger partial charge in [0.1, 0.15) is 11.5 Å². The van der Waals surface area contributed by atoms with Crippen molar-refractivity contribution in [1.82, 2.24) is 0 Å². The number of anilines is 1. The molecule has 0 N–H and O–H groups in total. The first-order chi connectivity index (χ1) is 18.8. The van der Waals surface area contributed by atoms with E-state index in [4.69, 9.17) is 34.8 Å². The van der Waals surface area contributed by atoms with Crippen molar-refractivity contribution in [1.29, 1.82) is 0 Å². The van der Waals surface area contributed by atoms with Crippen molar-refractivity contribution in [2.45, 2.75) is 18.0 Å². The largest absolute Gasteiger partial charge is 0.352 e. The Bertz CT molecular complexity index is 1710. The van der Waals surface area contributed by atoms with Crippen LogP contribution in [0.3, 0.4) is 0 Å². The topological polar surface area (TPSA) is 54.5 Å². The summed E-state index contributed by atoms with van der Waals surface area (Å²) in [5, 5.41) is 3.10. The van der Waals surface area contributed by atoms with Gasteiger partial charge in [0.2, 0.25) is 0 Å². The number of nitrogens with zero attached hydrogens (tertiary/aromatic N) is 1. The van der Waals surface area contributed by atoms with Crippen LogP contribution in [-0.2, 0) is 0 Å². The first-order valence-electron chi connectivity index (χ1n) is 12.3. The van der Waals surface area contributed by atoms with E-state index < -0.39 is 23.4 Å². The Morgan fingerprint density at radius 3 is 2.21 bits per heavy atom. The van der Waals surface area contributed by atoms with Crippen LogP contribution in [0.2, 0.25) is 15.1 Å². The average molecular weight is 591 g/mol. The summed E-state index contributed by atoms with van der Waals surface area (Å²) >= 11 is 20.8. The number of carbonyl (C=O) groups excluding carboxylic acids is 3. The van der Waals surface area contributed by atoms with Crippen LogP contribution in [-0.4, -0.2) is 29.4 Å². The SMILES string of the molecule is O=C(c1cccs1)[C@@H]1[C@@H](c2ccc(Cl)cc2Cl)C2(C(=O)c3ccccc3C2=O)[C@H]2C=Cc3cc(Cl)ccc3N12. The average Bonchev–Trinajstić information content (AvgIpc) is 3.62. The molecule has 39 heavy (non-hydrogen) atoms. The van der Waals surface area contributed by atoms with Crippen LogP contribution in [0.5, 0.6) is 0 Å². The van der Waals surface area contributed by atoms with E-state index in [1.54, 1.807) is 54.6 Å². The van der Waals surface area contributed by atoms with E-state index in [-0.39, 0.29) is 17.3 Å². The van der Waals surface area contributed by atoms with Crippen LogP contribution in [0.15, 0.2) is 84.3 Å². The van der Waals surface area contributed by atoms with Crippen molar-refractivity contribution in [3.8, 4) is 0 Å². The number of fused-ring (bicyclic) bond motifs is 5. The van der Waals surface area contributed by atoms with Gasteiger partial charge in [-0.2, -0.15) is 0 Å². The summed E-state index contributed by atoms with van der Waals surface area (Å²) in [5.41, 5.74) is 1.16. The Kier molecular flexibility index (Phi) is 5.66. The maximum Gasteiger partial charge on any atom is 0.195 e. The lowest BCUT2D eigenvalue weighted by Crippen LogP contribution is -2.48. The Hall–Kier alpha value is -3.22. The molecule has 0 unspecified atom stereocenters. The molecule has 0 bridgehead atoms. The fourth-order valence-corrected chi connectivity index (χ4v) is 8.01. The van der Waals surface area contributed by atoms with E-state index in [2.05, 4.69) is 0 Å². The van der Waals surface area contributed by atoms with Crippen LogP contribution < -0.4 is 4.90 Å². The number of ketones is 3. The van der Waals surface area contributed by atoms with Crippen LogP contribution in [0.25, 0.3) is 6.08 Å². The molecule has 0 saturated carbocycles. The summed E-state index contributed by atoms with van der Waals surface area (Å²) in [6, 6.07) is 19.3. The second kappa shape index (κ2) is 8.90. The molecule has 0 amide bonds. The van der Waals surface area contributed by atoms with E-state index in [9.17, 15) is 14.4 Å². The van der Waals surface area contributed by atoms with Crippen molar-refractivity contribution >= 4 is 75.3 Å². The molecule has 1 saturated heterocycles. The van der Waals surface area contributed by atoms with Gasteiger partial charge in [-0.3, -0.25) is 14.4 Å². The van der Waals surface area contributed by atoms with Crippen molar-refractivity contribution in [3.05, 3.63) is 126 Å². The van der Waals surface area contributed by atoms with Gasteiger partial charge in [-0.25, -0.2) is 0 Å². The maximum absolute atomic E-state index is 14.6. The Morgan fingerprint density at radius 2 is 1.54 bits per heavy atom. The summed E-state index contributed by atoms with van der Waals surface area (Å²) in [6.07, 6.45) is 3.74. The number of hydrogen-bond donors (Lipinski definition) is 0. The van der Waals surface area contributed by atoms with Crippen LogP contribution in [0.4, 0.5) is 5.69 Å². The normalized spacial score (nSPS) is 22.2. The molecular weight excluding hydrogens is 573 g/mol. The summed E-state index contributed by atoms with van der Waals surface area (Å²) in [5.74, 6) is -1.69. The Morgan fingerprint density at radius 1 is 0.846 bits per heavy atom. The second-order valence-corrected chi connectivity index (χ2v) is 12.1. The Labute approximate surface area is 243 Å². The molecule has 3 aliphatic rings. The molecule has 3 heterocycles. The first kappa shape index (κ1) is 24.8. The zero-order valence-corrected chi connectivity index (χ0v) is 23.2. The fraction of sp³-hybridized carbons (Fsp3) is 0.129. The summed E-state index contributed by atoms with van der Waals surface area (Å²) < 4.78 is 0. The van der Waals surface area contributed by atoms with Gasteiger partial charge in [0.25, 0.3) is 0 Å². The van der Waals surface area contributed by atoms with E-state index in [1.165, 1.54) is 11.3 Å². The highest BCUT2D eigenvalue weighted by Crippen LogP contribution is 2.61. The number of halogens is 3. The van der Waals surface area contributed by atoms with Crippen molar-refractivity contribution < 1.29 is 14.4 Å². The molecule has 1 aliphatic carbocycles. The zero-order chi connectivity index (χ0) is 27.1. The molecule has 2 aliphatic heterocycles. The lowest BCUT2D eigenvalue weighted by molar-refractivity contribution is 0.0666. The van der Waals surface area contributed by atoms with E-state index >= 15 is 0 Å². The molecule has 7 rings (SSSR count). The number of carbonyl (C=O) groups is 3. The third-order valence-electron chi connectivity index (χ3n) is 8.10. The van der Waals surface area contributed by atoms with Gasteiger partial charge in [-0.05, 0) is 52.9 Å². The minimum atomic E-state index is -1.62. The van der Waals surface area contributed by atoms with Gasteiger partial charge < -0.3 is 4.90 Å². The predicted octanol–water partition coefficient (Wildman–Crippen LogP) is 8.02. The van der Waals surface area contributed by atoms with Crippen LogP contribution in [0.1, 0.15) is 47.4 Å². The van der Waals surface area contributed by atoms with Crippen LogP contribution in [0, 0.1) is 5.41 Å². The molecule has 1 fully saturated rings. The van der Waals surface area contributed by atoms with Gasteiger partial charge in [-0.1, -0.05) is 83.4 Å². The Balaban J connectivity index is 1.58. The number of Topliss-reactive ketones (excluding diaryl/α,β-unsaturated/α-hetero) is 3. The molecule has 1 aromatic heterocycles. The van der Waals surface area contributed by atoms with Gasteiger partial charge in [-0.15, -0.1) is 11.3 Å². The van der Waals surface area contributed by atoms with E-state index in [0.717, 1.165) is 11.3 Å². The highest BCUT2D eigenvalue weighted by molar-refractivity contribution is 7.12. The second-order valence-electron chi connectivity index (χ2n) is 9.92. The third kappa shape index (κ3) is 3.34. The summed E-state index contributed by atoms with van der Waals surface area (Å²) in [7, 11) is 0. The number of benzene rings is 3. The molecule has 8 heteroatoms. The summed E-state index contributed by atoms with van der Waals surface area (Å²) in [4.78, 5) is 46.1. The molecule has 4 aromatic rings. The number of hydrogen-bond acceptors (Lipinski definition) is 5. The highest BCUT2D eigenvalue weighted by Gasteiger charge is 2.71. The van der Waals surface area contributed by atoms with Gasteiger partial charge in [0.15, 0.2) is 17.3 Å². The van der Waals surface area contributed by atoms with E-state index in [1.807, 2.05) is 40.6 Å². The first-order valence-corrected chi connectivity index (χ1v) is 14.3. The molecule has 1 spiro atoms. The molecular formula is C31H18Cl3NO3S. The fourth-order valence-electron chi connectivity index (χ4n) is 6.61. The highest BCUT2D eigenvalue weighted by atomic mass is 35.5. The standard InChI is InChI=1S/C31H18Cl3NO3S/c32-17-9-11-23-16(14-17)7-12-25-31(29(37)19-4-1-2-5-20(19)30(31)38)26(21-10-8-18(33)15-22(21)34)27(35(23)25)28(36)24-6-3-13-39-24/h1-15,25-27H/t25-,26-,27+/m1/s1. The minimum absolute atomic E-state index is 0.185. The molecule has 0 radical (unpaired) electrons. The lowest BCUT2D eigenvalue weighted by atomic mass is 9.64. The predicted molar refractivity (Wildman–Crippen MR) is 156 cm³/mol. The molecule has 3 aromatic carbocycles. The van der Waals surface area contributed by atoms with Gasteiger partial charge in [0, 0.05) is 37.8 Å². The maximum atomic E-state index is 14.6. The van der Waals surface area contributed by atoms with Gasteiger partial charge >= 0.3 is 0 Å². The van der Waals surface area contributed by atoms with Gasteiger partial charge in [0.05, 0.1) is 10.9 Å². The number of thiophene rings is 1. The smallest absolute Gasteiger partial charge is 0.195 e. The quantitative estimate of drug-likeness (QED) is 0.179. The van der Waals surface area contributed by atoms with E-state index in [0.29, 0.717) is 36.6 Å².